The lowest BCUT2D eigenvalue weighted by molar-refractivity contribution is -0.123. The standard InChI is InChI=1S/C32H35ClN6O5/c1-32(2,3)44-25-15-20(24(40)16-26(34)41)7-10-23(25)30-36-28(19-5-8-22(33)9-6-19)29(21-11-13-37(4)17-21)39(30)31(43)38-14-12-35-27(42)18-38/h5-11,13,15,17,28-29H,12,14,16,18H2,1-4H3,(H2,34,41)(H,35,42)/t28-,29+/m0/s1. The highest BCUT2D eigenvalue weighted by Gasteiger charge is 2.45. The highest BCUT2D eigenvalue weighted by Crippen LogP contribution is 2.45. The van der Waals surface area contributed by atoms with Crippen molar-refractivity contribution in [3.05, 3.63) is 88.2 Å². The Balaban J connectivity index is 1.71. The summed E-state index contributed by atoms with van der Waals surface area (Å²) < 4.78 is 8.25. The summed E-state index contributed by atoms with van der Waals surface area (Å²) in [6, 6.07) is 12.5. The van der Waals surface area contributed by atoms with Gasteiger partial charge in [0.05, 0.1) is 18.0 Å². The number of aromatic nitrogens is 1. The molecule has 2 aromatic carbocycles. The number of nitrogens with two attached hydrogens (primary N) is 1. The highest BCUT2D eigenvalue weighted by molar-refractivity contribution is 6.30. The molecule has 2 aliphatic rings. The lowest BCUT2D eigenvalue weighted by atomic mass is 9.95. The summed E-state index contributed by atoms with van der Waals surface area (Å²) in [5.41, 5.74) is 6.99. The molecule has 11 nitrogen and oxygen atoms in total. The van der Waals surface area contributed by atoms with Crippen molar-refractivity contribution in [3.8, 4) is 5.75 Å². The molecule has 3 heterocycles. The Kier molecular flexibility index (Phi) is 8.51. The predicted molar refractivity (Wildman–Crippen MR) is 166 cm³/mol. The summed E-state index contributed by atoms with van der Waals surface area (Å²) in [5.74, 6) is -0.810. The van der Waals surface area contributed by atoms with Crippen molar-refractivity contribution >= 4 is 41.1 Å². The number of ketones is 1. The number of rotatable bonds is 7. The molecule has 0 aliphatic carbocycles. The maximum atomic E-state index is 14.5. The van der Waals surface area contributed by atoms with Crippen LogP contribution in [0.4, 0.5) is 4.79 Å². The van der Waals surface area contributed by atoms with E-state index in [2.05, 4.69) is 5.32 Å². The van der Waals surface area contributed by atoms with Gasteiger partial charge in [-0.15, -0.1) is 0 Å². The number of primary amides is 1. The minimum atomic E-state index is -0.739. The number of aliphatic imine (C=N–C) groups is 1. The molecule has 5 rings (SSSR count). The van der Waals surface area contributed by atoms with Gasteiger partial charge in [0.25, 0.3) is 0 Å². The van der Waals surface area contributed by atoms with Crippen molar-refractivity contribution in [2.24, 2.45) is 17.8 Å². The fourth-order valence-electron chi connectivity index (χ4n) is 5.40. The number of hydrogen-bond acceptors (Lipinski definition) is 6. The zero-order valence-corrected chi connectivity index (χ0v) is 25.8. The summed E-state index contributed by atoms with van der Waals surface area (Å²) in [5, 5.41) is 3.34. The molecule has 0 spiro atoms. The van der Waals surface area contributed by atoms with E-state index in [-0.39, 0.29) is 24.0 Å². The number of piperazine rings is 1. The van der Waals surface area contributed by atoms with Crippen molar-refractivity contribution in [2.45, 2.75) is 44.9 Å². The quantitative estimate of drug-likeness (QED) is 0.304. The third-order valence-corrected chi connectivity index (χ3v) is 7.54. The normalized spacial score (nSPS) is 18.6. The Morgan fingerprint density at radius 1 is 1.09 bits per heavy atom. The molecule has 0 unspecified atom stereocenters. The SMILES string of the molecule is Cn1ccc([C@@H]2[C@H](c3ccc(Cl)cc3)N=C(c3ccc(C(=O)CC(N)=O)cc3OC(C)(C)C)N2C(=O)N2CCNC(=O)C2)c1. The zero-order chi connectivity index (χ0) is 31.8. The molecule has 2 aliphatic heterocycles. The fraction of sp³-hybridized carbons (Fsp3) is 0.344. The summed E-state index contributed by atoms with van der Waals surface area (Å²) in [6.45, 7) is 6.16. The van der Waals surface area contributed by atoms with Crippen LogP contribution >= 0.6 is 11.6 Å². The number of benzene rings is 2. The van der Waals surface area contributed by atoms with Crippen LogP contribution in [0.15, 0.2) is 65.9 Å². The molecule has 12 heteroatoms. The van der Waals surface area contributed by atoms with Crippen molar-refractivity contribution in [2.75, 3.05) is 19.6 Å². The highest BCUT2D eigenvalue weighted by atomic mass is 35.5. The number of urea groups is 1. The molecule has 3 aromatic rings. The van der Waals surface area contributed by atoms with Crippen molar-refractivity contribution in [1.29, 1.82) is 0 Å². The van der Waals surface area contributed by atoms with Gasteiger partial charge in [-0.1, -0.05) is 29.8 Å². The topological polar surface area (TPSA) is 139 Å². The van der Waals surface area contributed by atoms with Crippen LogP contribution in [-0.4, -0.2) is 69.1 Å². The van der Waals surface area contributed by atoms with Gasteiger partial charge >= 0.3 is 6.03 Å². The van der Waals surface area contributed by atoms with Crippen LogP contribution in [-0.2, 0) is 16.6 Å². The molecule has 4 amide bonds. The van der Waals surface area contributed by atoms with Crippen LogP contribution in [0.3, 0.4) is 0 Å². The van der Waals surface area contributed by atoms with Crippen LogP contribution in [0, 0.1) is 0 Å². The number of amides is 4. The molecular weight excluding hydrogens is 584 g/mol. The molecule has 3 N–H and O–H groups in total. The number of hydrogen-bond donors (Lipinski definition) is 2. The van der Waals surface area contributed by atoms with Crippen molar-refractivity contribution in [3.63, 3.8) is 0 Å². The molecule has 0 radical (unpaired) electrons. The first-order chi connectivity index (χ1) is 20.8. The predicted octanol–water partition coefficient (Wildman–Crippen LogP) is 4.01. The molecule has 230 valence electrons. The first kappa shape index (κ1) is 30.8. The summed E-state index contributed by atoms with van der Waals surface area (Å²) in [4.78, 5) is 59.4. The van der Waals surface area contributed by atoms with Gasteiger partial charge in [0, 0.05) is 43.1 Å². The van der Waals surface area contributed by atoms with Crippen LogP contribution in [0.5, 0.6) is 5.75 Å². The van der Waals surface area contributed by atoms with E-state index in [0.29, 0.717) is 35.3 Å². The molecule has 1 saturated heterocycles. The Labute approximate surface area is 260 Å². The maximum Gasteiger partial charge on any atom is 0.326 e. The van der Waals surface area contributed by atoms with Gasteiger partial charge in [-0.3, -0.25) is 24.3 Å². The monoisotopic (exact) mass is 618 g/mol. The van der Waals surface area contributed by atoms with Gasteiger partial charge in [0.1, 0.15) is 29.8 Å². The van der Waals surface area contributed by atoms with E-state index >= 15 is 0 Å². The van der Waals surface area contributed by atoms with E-state index in [0.717, 1.165) is 11.1 Å². The van der Waals surface area contributed by atoms with Gasteiger partial charge in [-0.25, -0.2) is 4.79 Å². The lowest BCUT2D eigenvalue weighted by Gasteiger charge is -2.35. The van der Waals surface area contributed by atoms with Crippen LogP contribution < -0.4 is 15.8 Å². The molecule has 0 saturated carbocycles. The van der Waals surface area contributed by atoms with E-state index in [1.807, 2.05) is 63.0 Å². The number of amidine groups is 1. The molecule has 44 heavy (non-hydrogen) atoms. The van der Waals surface area contributed by atoms with Gasteiger partial charge in [-0.2, -0.15) is 0 Å². The second-order valence-corrected chi connectivity index (χ2v) is 12.4. The summed E-state index contributed by atoms with van der Waals surface area (Å²) in [6.07, 6.45) is 3.38. The number of aryl methyl sites for hydroxylation is 1. The third-order valence-electron chi connectivity index (χ3n) is 7.29. The number of nitrogens with one attached hydrogen (secondary N) is 1. The second-order valence-electron chi connectivity index (χ2n) is 11.9. The van der Waals surface area contributed by atoms with E-state index in [9.17, 15) is 19.2 Å². The molecule has 0 bridgehead atoms. The smallest absolute Gasteiger partial charge is 0.326 e. The van der Waals surface area contributed by atoms with Crippen molar-refractivity contribution < 1.29 is 23.9 Å². The van der Waals surface area contributed by atoms with Crippen LogP contribution in [0.1, 0.15) is 66.3 Å². The van der Waals surface area contributed by atoms with E-state index < -0.39 is 35.8 Å². The van der Waals surface area contributed by atoms with E-state index in [4.69, 9.17) is 27.1 Å². The number of Topliss-reactive ketones (excluding diaryl/α,β-unsaturated/α-hetero) is 1. The summed E-state index contributed by atoms with van der Waals surface area (Å²) >= 11 is 6.23. The van der Waals surface area contributed by atoms with Gasteiger partial charge in [0.15, 0.2) is 5.78 Å². The Hall–Kier alpha value is -4.64. The first-order valence-corrected chi connectivity index (χ1v) is 14.6. The van der Waals surface area contributed by atoms with Crippen LogP contribution in [0.2, 0.25) is 5.02 Å². The minimum absolute atomic E-state index is 0.0956. The molecule has 1 fully saturated rings. The van der Waals surface area contributed by atoms with Crippen LogP contribution in [0.25, 0.3) is 0 Å². The number of nitrogens with zero attached hydrogens (tertiary/aromatic N) is 4. The first-order valence-electron chi connectivity index (χ1n) is 14.3. The van der Waals surface area contributed by atoms with Gasteiger partial charge in [-0.05, 0) is 62.2 Å². The number of carbonyl (C=O) groups is 4. The number of ether oxygens (including phenoxy) is 1. The number of carbonyl (C=O) groups excluding carboxylic acids is 4. The summed E-state index contributed by atoms with van der Waals surface area (Å²) in [7, 11) is 1.90. The second kappa shape index (κ2) is 12.2. The Morgan fingerprint density at radius 3 is 2.43 bits per heavy atom. The average molecular weight is 619 g/mol. The van der Waals surface area contributed by atoms with Gasteiger partial charge < -0.3 is 25.3 Å². The fourth-order valence-corrected chi connectivity index (χ4v) is 5.53. The Bertz CT molecular complexity index is 1640. The molecule has 1 aromatic heterocycles. The lowest BCUT2D eigenvalue weighted by Crippen LogP contribution is -2.55. The minimum Gasteiger partial charge on any atom is -0.487 e. The maximum absolute atomic E-state index is 14.5. The van der Waals surface area contributed by atoms with E-state index in [1.54, 1.807) is 35.2 Å². The Morgan fingerprint density at radius 2 is 1.82 bits per heavy atom. The van der Waals surface area contributed by atoms with E-state index in [1.165, 1.54) is 4.90 Å². The molecular formula is C32H35ClN6O5. The van der Waals surface area contributed by atoms with Gasteiger partial charge in [0.2, 0.25) is 11.8 Å². The van der Waals surface area contributed by atoms with Crippen molar-refractivity contribution in [1.82, 2.24) is 19.7 Å². The average Bonchev–Trinajstić information content (AvgIpc) is 3.55. The number of halogens is 1. The largest absolute Gasteiger partial charge is 0.487 e. The zero-order valence-electron chi connectivity index (χ0n) is 25.0. The molecule has 2 atom stereocenters. The third kappa shape index (κ3) is 6.62.